The molecule has 10 heteroatoms. The SMILES string of the molecule is CN1CCN(c2ccc(NC(=O)Cn3cc(C(F)(F)F)ccc3=O)cc2Cl)CC1. The average molecular weight is 429 g/mol. The number of pyridine rings is 1. The predicted octanol–water partition coefficient (Wildman–Crippen LogP) is 2.91. The van der Waals surface area contributed by atoms with E-state index in [1.54, 1.807) is 18.2 Å². The van der Waals surface area contributed by atoms with E-state index in [-0.39, 0.29) is 0 Å². The molecule has 1 aromatic carbocycles. The molecule has 0 saturated carbocycles. The summed E-state index contributed by atoms with van der Waals surface area (Å²) < 4.78 is 39.1. The second-order valence-electron chi connectivity index (χ2n) is 6.89. The number of halogens is 4. The van der Waals surface area contributed by atoms with Crippen LogP contribution in [0.15, 0.2) is 41.3 Å². The third-order valence-electron chi connectivity index (χ3n) is 4.70. The molecule has 0 spiro atoms. The van der Waals surface area contributed by atoms with Crippen LogP contribution in [0.4, 0.5) is 24.5 Å². The number of likely N-dealkylation sites (N-methyl/N-ethyl adjacent to an activating group) is 1. The van der Waals surface area contributed by atoms with Crippen LogP contribution in [0.5, 0.6) is 0 Å². The number of benzene rings is 1. The van der Waals surface area contributed by atoms with Gasteiger partial charge in [0.2, 0.25) is 5.91 Å². The maximum atomic E-state index is 12.8. The van der Waals surface area contributed by atoms with Crippen molar-refractivity contribution in [3.8, 4) is 0 Å². The van der Waals surface area contributed by atoms with Crippen molar-refractivity contribution in [2.45, 2.75) is 12.7 Å². The van der Waals surface area contributed by atoms with E-state index in [2.05, 4.69) is 15.1 Å². The molecule has 3 rings (SSSR count). The lowest BCUT2D eigenvalue weighted by molar-refractivity contribution is -0.138. The summed E-state index contributed by atoms with van der Waals surface area (Å²) in [5, 5.41) is 3.02. The number of nitrogens with zero attached hydrogens (tertiary/aromatic N) is 3. The normalized spacial score (nSPS) is 15.4. The molecule has 156 valence electrons. The van der Waals surface area contributed by atoms with Crippen LogP contribution in [0.2, 0.25) is 5.02 Å². The van der Waals surface area contributed by atoms with Gasteiger partial charge in [0, 0.05) is 44.1 Å². The Hall–Kier alpha value is -2.52. The summed E-state index contributed by atoms with van der Waals surface area (Å²) in [4.78, 5) is 28.4. The molecular weight excluding hydrogens is 409 g/mol. The highest BCUT2D eigenvalue weighted by Crippen LogP contribution is 2.30. The van der Waals surface area contributed by atoms with Gasteiger partial charge in [-0.1, -0.05) is 11.6 Å². The second kappa shape index (κ2) is 8.46. The van der Waals surface area contributed by atoms with E-state index in [0.717, 1.165) is 42.5 Å². The fourth-order valence-corrected chi connectivity index (χ4v) is 3.37. The number of carbonyl (C=O) groups excluding carboxylic acids is 1. The molecule has 1 amide bonds. The second-order valence-corrected chi connectivity index (χ2v) is 7.29. The molecular formula is C19H20ClF3N4O2. The Labute approximate surface area is 170 Å². The van der Waals surface area contributed by atoms with Crippen LogP contribution in [-0.2, 0) is 17.5 Å². The van der Waals surface area contributed by atoms with Crippen molar-refractivity contribution in [1.29, 1.82) is 0 Å². The number of amides is 1. The molecule has 1 fully saturated rings. The number of carbonyl (C=O) groups is 1. The minimum Gasteiger partial charge on any atom is -0.368 e. The van der Waals surface area contributed by atoms with Gasteiger partial charge < -0.3 is 19.7 Å². The number of alkyl halides is 3. The topological polar surface area (TPSA) is 57.6 Å². The predicted molar refractivity (Wildman–Crippen MR) is 105 cm³/mol. The number of hydrogen-bond donors (Lipinski definition) is 1. The van der Waals surface area contributed by atoms with E-state index in [4.69, 9.17) is 11.6 Å². The van der Waals surface area contributed by atoms with E-state index in [9.17, 15) is 22.8 Å². The van der Waals surface area contributed by atoms with Crippen LogP contribution >= 0.6 is 11.6 Å². The lowest BCUT2D eigenvalue weighted by atomic mass is 10.2. The lowest BCUT2D eigenvalue weighted by Crippen LogP contribution is -2.44. The van der Waals surface area contributed by atoms with Gasteiger partial charge in [-0.3, -0.25) is 9.59 Å². The van der Waals surface area contributed by atoms with Crippen LogP contribution in [0.1, 0.15) is 5.56 Å². The van der Waals surface area contributed by atoms with Crippen molar-refractivity contribution < 1.29 is 18.0 Å². The highest BCUT2D eigenvalue weighted by atomic mass is 35.5. The molecule has 1 N–H and O–H groups in total. The molecule has 6 nitrogen and oxygen atoms in total. The van der Waals surface area contributed by atoms with Gasteiger partial charge in [0.15, 0.2) is 0 Å². The summed E-state index contributed by atoms with van der Waals surface area (Å²) in [6.45, 7) is 2.96. The molecule has 1 aliphatic rings. The van der Waals surface area contributed by atoms with Gasteiger partial charge in [0.1, 0.15) is 6.54 Å². The van der Waals surface area contributed by atoms with Crippen molar-refractivity contribution in [2.24, 2.45) is 0 Å². The summed E-state index contributed by atoms with van der Waals surface area (Å²) in [5.41, 5.74) is -0.439. The van der Waals surface area contributed by atoms with Gasteiger partial charge in [0.05, 0.1) is 16.3 Å². The maximum absolute atomic E-state index is 12.8. The zero-order valence-corrected chi connectivity index (χ0v) is 16.4. The molecule has 1 saturated heterocycles. The number of piperazine rings is 1. The Kier molecular flexibility index (Phi) is 6.18. The zero-order valence-electron chi connectivity index (χ0n) is 15.7. The fraction of sp³-hybridized carbons (Fsp3) is 0.368. The molecule has 29 heavy (non-hydrogen) atoms. The lowest BCUT2D eigenvalue weighted by Gasteiger charge is -2.34. The Morgan fingerprint density at radius 2 is 1.83 bits per heavy atom. The maximum Gasteiger partial charge on any atom is 0.417 e. The van der Waals surface area contributed by atoms with E-state index >= 15 is 0 Å². The van der Waals surface area contributed by atoms with Gasteiger partial charge in [-0.15, -0.1) is 0 Å². The minimum absolute atomic E-state index is 0.401. The van der Waals surface area contributed by atoms with Crippen molar-refractivity contribution in [2.75, 3.05) is 43.4 Å². The Balaban J connectivity index is 1.68. The number of hydrogen-bond acceptors (Lipinski definition) is 4. The summed E-state index contributed by atoms with van der Waals surface area (Å²) in [5.74, 6) is -0.630. The molecule has 0 atom stereocenters. The number of aromatic nitrogens is 1. The first-order chi connectivity index (χ1) is 13.6. The van der Waals surface area contributed by atoms with E-state index < -0.39 is 29.8 Å². The first-order valence-corrected chi connectivity index (χ1v) is 9.32. The Bertz CT molecular complexity index is 953. The van der Waals surface area contributed by atoms with Crippen molar-refractivity contribution in [3.63, 3.8) is 0 Å². The Morgan fingerprint density at radius 3 is 2.45 bits per heavy atom. The largest absolute Gasteiger partial charge is 0.417 e. The van der Waals surface area contributed by atoms with Crippen molar-refractivity contribution >= 4 is 28.9 Å². The number of nitrogens with one attached hydrogen (secondary N) is 1. The molecule has 0 unspecified atom stereocenters. The van der Waals surface area contributed by atoms with Crippen molar-refractivity contribution in [3.05, 3.63) is 57.5 Å². The average Bonchev–Trinajstić information content (AvgIpc) is 2.64. The van der Waals surface area contributed by atoms with Crippen LogP contribution in [-0.4, -0.2) is 48.6 Å². The fourth-order valence-electron chi connectivity index (χ4n) is 3.07. The smallest absolute Gasteiger partial charge is 0.368 e. The first kappa shape index (κ1) is 21.2. The molecule has 0 bridgehead atoms. The molecule has 1 aliphatic heterocycles. The molecule has 0 radical (unpaired) electrons. The van der Waals surface area contributed by atoms with Crippen molar-refractivity contribution in [1.82, 2.24) is 9.47 Å². The van der Waals surface area contributed by atoms with Crippen LogP contribution in [0.3, 0.4) is 0 Å². The highest BCUT2D eigenvalue weighted by Gasteiger charge is 2.31. The quantitative estimate of drug-likeness (QED) is 0.813. The minimum atomic E-state index is -4.60. The van der Waals surface area contributed by atoms with Gasteiger partial charge >= 0.3 is 6.18 Å². The summed E-state index contributed by atoms with van der Waals surface area (Å²) >= 11 is 6.35. The number of anilines is 2. The third kappa shape index (κ3) is 5.30. The van der Waals surface area contributed by atoms with Crippen LogP contribution in [0.25, 0.3) is 0 Å². The van der Waals surface area contributed by atoms with Gasteiger partial charge in [0.25, 0.3) is 5.56 Å². The van der Waals surface area contributed by atoms with E-state index in [1.165, 1.54) is 0 Å². The molecule has 2 aromatic rings. The van der Waals surface area contributed by atoms with Crippen LogP contribution < -0.4 is 15.8 Å². The van der Waals surface area contributed by atoms with Gasteiger partial charge in [-0.25, -0.2) is 0 Å². The molecule has 1 aromatic heterocycles. The monoisotopic (exact) mass is 428 g/mol. The third-order valence-corrected chi connectivity index (χ3v) is 5.00. The van der Waals surface area contributed by atoms with Gasteiger partial charge in [-0.05, 0) is 31.3 Å². The standard InChI is InChI=1S/C19H20ClF3N4O2/c1-25-6-8-26(9-7-25)16-4-3-14(10-15(16)20)24-17(28)12-27-11-13(19(21,22)23)2-5-18(27)29/h2-5,10-11H,6-9,12H2,1H3,(H,24,28). The highest BCUT2D eigenvalue weighted by molar-refractivity contribution is 6.33. The zero-order chi connectivity index (χ0) is 21.2. The summed E-state index contributed by atoms with van der Waals surface area (Å²) in [7, 11) is 2.05. The number of rotatable bonds is 4. The summed E-state index contributed by atoms with van der Waals surface area (Å²) in [6, 6.07) is 6.53. The van der Waals surface area contributed by atoms with Gasteiger partial charge in [-0.2, -0.15) is 13.2 Å². The van der Waals surface area contributed by atoms with Crippen LogP contribution in [0, 0.1) is 0 Å². The summed E-state index contributed by atoms with van der Waals surface area (Å²) in [6.07, 6.45) is -3.97. The molecule has 2 heterocycles. The van der Waals surface area contributed by atoms with E-state index in [0.29, 0.717) is 23.0 Å². The van der Waals surface area contributed by atoms with E-state index in [1.807, 2.05) is 7.05 Å². The Morgan fingerprint density at radius 1 is 1.14 bits per heavy atom. The molecule has 0 aliphatic carbocycles. The first-order valence-electron chi connectivity index (χ1n) is 8.94.